The van der Waals surface area contributed by atoms with Gasteiger partial charge in [0.2, 0.25) is 11.9 Å². The van der Waals surface area contributed by atoms with E-state index < -0.39 is 17.6 Å². The number of rotatable bonds is 5. The highest BCUT2D eigenvalue weighted by molar-refractivity contribution is 5.80. The van der Waals surface area contributed by atoms with Gasteiger partial charge in [-0.15, -0.1) is 0 Å². The number of halogens is 1. The Balaban J connectivity index is 1.46. The van der Waals surface area contributed by atoms with E-state index in [0.717, 1.165) is 49.5 Å². The number of nitrogens with zero attached hydrogens (tertiary/aromatic N) is 4. The predicted molar refractivity (Wildman–Crippen MR) is 122 cm³/mol. The second-order valence-electron chi connectivity index (χ2n) is 9.22. The van der Waals surface area contributed by atoms with Gasteiger partial charge in [0.1, 0.15) is 0 Å². The lowest BCUT2D eigenvalue weighted by Gasteiger charge is -2.36. The molecule has 7 nitrogen and oxygen atoms in total. The summed E-state index contributed by atoms with van der Waals surface area (Å²) in [5.74, 6) is -1.18. The molecule has 3 aliphatic rings. The molecule has 2 fully saturated rings. The average molecular weight is 437 g/mol. The largest absolute Gasteiger partial charge is 0.369 e. The SMILES string of the molecule is Cc1cccc(Nc2ncc(F)c(C3C4C=CC(C4)C3C(N)=O)n2)c1N1CCN(C)CC1. The number of likely N-dealkylation sites (N-methyl/N-ethyl adjacent to an activating group) is 1. The van der Waals surface area contributed by atoms with Gasteiger partial charge < -0.3 is 20.9 Å². The number of allylic oxidation sites excluding steroid dienone is 2. The van der Waals surface area contributed by atoms with Crippen molar-refractivity contribution in [1.29, 1.82) is 0 Å². The number of carbonyl (C=O) groups is 1. The first-order chi connectivity index (χ1) is 15.4. The second-order valence-corrected chi connectivity index (χ2v) is 9.22. The molecule has 3 N–H and O–H groups in total. The fourth-order valence-corrected chi connectivity index (χ4v) is 5.59. The maximum absolute atomic E-state index is 14.9. The number of hydrogen-bond acceptors (Lipinski definition) is 6. The number of piperazine rings is 1. The molecule has 168 valence electrons. The Morgan fingerprint density at radius 3 is 2.69 bits per heavy atom. The number of aryl methyl sites for hydroxylation is 1. The van der Waals surface area contributed by atoms with Crippen LogP contribution in [0.15, 0.2) is 36.5 Å². The summed E-state index contributed by atoms with van der Waals surface area (Å²) in [6, 6.07) is 6.08. The number of nitrogens with one attached hydrogen (secondary N) is 1. The highest BCUT2D eigenvalue weighted by Crippen LogP contribution is 2.53. The number of hydrogen-bond donors (Lipinski definition) is 2. The summed E-state index contributed by atoms with van der Waals surface area (Å²) < 4.78 is 14.9. The molecule has 8 heteroatoms. The van der Waals surface area contributed by atoms with Crippen LogP contribution in [0, 0.1) is 30.5 Å². The number of nitrogens with two attached hydrogens (primary N) is 1. The zero-order valence-electron chi connectivity index (χ0n) is 18.5. The Morgan fingerprint density at radius 1 is 1.19 bits per heavy atom. The lowest BCUT2D eigenvalue weighted by Crippen LogP contribution is -2.45. The summed E-state index contributed by atoms with van der Waals surface area (Å²) in [5, 5.41) is 3.32. The molecule has 1 saturated carbocycles. The molecular formula is C24H29FN6O. The molecule has 1 saturated heterocycles. The Labute approximate surface area is 187 Å². The molecule has 2 aromatic rings. The van der Waals surface area contributed by atoms with E-state index in [4.69, 9.17) is 5.73 Å². The van der Waals surface area contributed by atoms with Crippen LogP contribution in [0.4, 0.5) is 21.7 Å². The smallest absolute Gasteiger partial charge is 0.227 e. The van der Waals surface area contributed by atoms with Gasteiger partial charge in [0, 0.05) is 32.1 Å². The maximum atomic E-state index is 14.9. The molecule has 4 atom stereocenters. The van der Waals surface area contributed by atoms with Gasteiger partial charge >= 0.3 is 0 Å². The van der Waals surface area contributed by atoms with Crippen molar-refractivity contribution in [3.05, 3.63) is 53.6 Å². The van der Waals surface area contributed by atoms with Crippen LogP contribution in [0.2, 0.25) is 0 Å². The molecular weight excluding hydrogens is 407 g/mol. The molecule has 1 aromatic heterocycles. The van der Waals surface area contributed by atoms with Gasteiger partial charge in [0.05, 0.1) is 29.2 Å². The van der Waals surface area contributed by atoms with Gasteiger partial charge in [0.25, 0.3) is 0 Å². The Hall–Kier alpha value is -3.00. The number of aromatic nitrogens is 2. The third-order valence-electron chi connectivity index (χ3n) is 7.18. The molecule has 0 radical (unpaired) electrons. The van der Waals surface area contributed by atoms with E-state index in [0.29, 0.717) is 5.95 Å². The Kier molecular flexibility index (Phi) is 5.33. The quantitative estimate of drug-likeness (QED) is 0.701. The lowest BCUT2D eigenvalue weighted by atomic mass is 9.80. The van der Waals surface area contributed by atoms with Crippen molar-refractivity contribution in [2.75, 3.05) is 43.4 Å². The third kappa shape index (κ3) is 3.62. The molecule has 1 amide bonds. The van der Waals surface area contributed by atoms with Crippen molar-refractivity contribution < 1.29 is 9.18 Å². The summed E-state index contributed by atoms with van der Waals surface area (Å²) in [5.41, 5.74) is 9.14. The van der Waals surface area contributed by atoms with E-state index in [1.165, 1.54) is 6.20 Å². The van der Waals surface area contributed by atoms with Crippen LogP contribution in [0.25, 0.3) is 0 Å². The normalized spacial score (nSPS) is 27.2. The summed E-state index contributed by atoms with van der Waals surface area (Å²) in [6.45, 7) is 5.95. The first kappa shape index (κ1) is 20.9. The molecule has 2 bridgehead atoms. The van der Waals surface area contributed by atoms with E-state index in [9.17, 15) is 9.18 Å². The predicted octanol–water partition coefficient (Wildman–Crippen LogP) is 2.81. The first-order valence-electron chi connectivity index (χ1n) is 11.2. The first-order valence-corrected chi connectivity index (χ1v) is 11.2. The molecule has 0 spiro atoms. The van der Waals surface area contributed by atoms with E-state index >= 15 is 0 Å². The van der Waals surface area contributed by atoms with Gasteiger partial charge in [-0.2, -0.15) is 0 Å². The molecule has 1 aliphatic heterocycles. The number of anilines is 3. The molecule has 4 unspecified atom stereocenters. The maximum Gasteiger partial charge on any atom is 0.227 e. The molecule has 5 rings (SSSR count). The Bertz CT molecular complexity index is 1060. The topological polar surface area (TPSA) is 87.4 Å². The van der Waals surface area contributed by atoms with Gasteiger partial charge in [-0.25, -0.2) is 14.4 Å². The number of carbonyl (C=O) groups excluding carboxylic acids is 1. The Morgan fingerprint density at radius 2 is 1.94 bits per heavy atom. The number of amides is 1. The fourth-order valence-electron chi connectivity index (χ4n) is 5.59. The summed E-state index contributed by atoms with van der Waals surface area (Å²) in [4.78, 5) is 25.6. The second kappa shape index (κ2) is 8.16. The summed E-state index contributed by atoms with van der Waals surface area (Å²) in [7, 11) is 2.13. The minimum atomic E-state index is -0.490. The van der Waals surface area contributed by atoms with Crippen molar-refractivity contribution in [3.63, 3.8) is 0 Å². The van der Waals surface area contributed by atoms with Gasteiger partial charge in [-0.05, 0) is 43.9 Å². The van der Waals surface area contributed by atoms with E-state index in [1.54, 1.807) is 0 Å². The van der Waals surface area contributed by atoms with Gasteiger partial charge in [-0.3, -0.25) is 4.79 Å². The highest BCUT2D eigenvalue weighted by Gasteiger charge is 2.49. The number of primary amides is 1. The minimum Gasteiger partial charge on any atom is -0.369 e. The van der Waals surface area contributed by atoms with Crippen LogP contribution in [0.1, 0.15) is 23.6 Å². The zero-order valence-corrected chi connectivity index (χ0v) is 18.5. The molecule has 2 heterocycles. The number of para-hydroxylation sites is 1. The molecule has 1 aromatic carbocycles. The molecule has 32 heavy (non-hydrogen) atoms. The molecule has 2 aliphatic carbocycles. The number of benzene rings is 1. The average Bonchev–Trinajstić information content (AvgIpc) is 3.38. The van der Waals surface area contributed by atoms with Crippen molar-refractivity contribution in [3.8, 4) is 0 Å². The number of fused-ring (bicyclic) bond motifs is 2. The van der Waals surface area contributed by atoms with Crippen LogP contribution >= 0.6 is 0 Å². The summed E-state index contributed by atoms with van der Waals surface area (Å²) >= 11 is 0. The minimum absolute atomic E-state index is 0.0638. The van der Waals surface area contributed by atoms with Crippen LogP contribution < -0.4 is 16.0 Å². The highest BCUT2D eigenvalue weighted by atomic mass is 19.1. The van der Waals surface area contributed by atoms with Crippen LogP contribution in [0.5, 0.6) is 0 Å². The fraction of sp³-hybridized carbons (Fsp3) is 0.458. The lowest BCUT2D eigenvalue weighted by molar-refractivity contribution is -0.123. The van der Waals surface area contributed by atoms with Gasteiger partial charge in [0.15, 0.2) is 5.82 Å². The van der Waals surface area contributed by atoms with E-state index in [2.05, 4.69) is 51.2 Å². The third-order valence-corrected chi connectivity index (χ3v) is 7.18. The van der Waals surface area contributed by atoms with Crippen LogP contribution in [-0.2, 0) is 4.79 Å². The van der Waals surface area contributed by atoms with Crippen molar-refractivity contribution in [2.45, 2.75) is 19.3 Å². The standard InChI is InChI=1S/C24H29FN6O/c1-14-4-3-5-18(22(14)31-10-8-30(2)9-11-31)28-24-27-13-17(25)21(29-24)19-15-6-7-16(12-15)20(19)23(26)32/h3-7,13,15-16,19-20H,8-12H2,1-2H3,(H2,26,32)(H,27,28,29). The van der Waals surface area contributed by atoms with Gasteiger partial charge in [-0.1, -0.05) is 24.3 Å². The summed E-state index contributed by atoms with van der Waals surface area (Å²) in [6.07, 6.45) is 6.11. The van der Waals surface area contributed by atoms with E-state index in [-0.39, 0.29) is 23.4 Å². The van der Waals surface area contributed by atoms with E-state index in [1.807, 2.05) is 18.2 Å². The van der Waals surface area contributed by atoms with Crippen LogP contribution in [-0.4, -0.2) is 54.0 Å². The zero-order chi connectivity index (χ0) is 22.4. The van der Waals surface area contributed by atoms with Crippen molar-refractivity contribution >= 4 is 23.2 Å². The van der Waals surface area contributed by atoms with Crippen LogP contribution in [0.3, 0.4) is 0 Å². The van der Waals surface area contributed by atoms with Crippen molar-refractivity contribution in [1.82, 2.24) is 14.9 Å². The van der Waals surface area contributed by atoms with Crippen molar-refractivity contribution in [2.24, 2.45) is 23.5 Å². The monoisotopic (exact) mass is 436 g/mol.